The largest absolute Gasteiger partial charge is 0.493 e. The lowest BCUT2D eigenvalue weighted by molar-refractivity contribution is 0.0503. The summed E-state index contributed by atoms with van der Waals surface area (Å²) in [6, 6.07) is 10.6. The van der Waals surface area contributed by atoms with Crippen LogP contribution in [0.5, 0.6) is 11.5 Å². The van der Waals surface area contributed by atoms with Gasteiger partial charge in [-0.05, 0) is 49.6 Å². The van der Waals surface area contributed by atoms with Gasteiger partial charge < -0.3 is 18.6 Å². The van der Waals surface area contributed by atoms with E-state index in [2.05, 4.69) is 0 Å². The summed E-state index contributed by atoms with van der Waals surface area (Å²) < 4.78 is 54.1. The van der Waals surface area contributed by atoms with Gasteiger partial charge in [-0.25, -0.2) is 4.39 Å². The van der Waals surface area contributed by atoms with Crippen molar-refractivity contribution in [3.05, 3.63) is 59.4 Å². The van der Waals surface area contributed by atoms with Crippen molar-refractivity contribution in [3.8, 4) is 11.5 Å². The summed E-state index contributed by atoms with van der Waals surface area (Å²) in [7, 11) is -2.36. The maximum Gasteiger partial charge on any atom is 0.309 e. The molecule has 1 amide bonds. The van der Waals surface area contributed by atoms with Gasteiger partial charge in [0.15, 0.2) is 11.5 Å². The molecule has 0 saturated carbocycles. The summed E-state index contributed by atoms with van der Waals surface area (Å²) in [4.78, 5) is 14.6. The van der Waals surface area contributed by atoms with E-state index in [1.165, 1.54) is 43.2 Å². The van der Waals surface area contributed by atoms with Gasteiger partial charge in [-0.1, -0.05) is 18.2 Å². The SMILES string of the molecule is CCS(=O)(=O)Oc1cc(CN(C[C@H]2CCCO2)C(=O)c2ccccc2F)ccc1OC. The lowest BCUT2D eigenvalue weighted by Crippen LogP contribution is -2.37. The van der Waals surface area contributed by atoms with Crippen molar-refractivity contribution in [2.24, 2.45) is 0 Å². The molecule has 0 bridgehead atoms. The van der Waals surface area contributed by atoms with Gasteiger partial charge in [0.05, 0.1) is 24.5 Å². The number of benzene rings is 2. The molecule has 9 heteroatoms. The number of halogens is 1. The van der Waals surface area contributed by atoms with E-state index in [0.29, 0.717) is 18.7 Å². The minimum atomic E-state index is -3.76. The molecule has 1 fully saturated rings. The van der Waals surface area contributed by atoms with Crippen molar-refractivity contribution in [3.63, 3.8) is 0 Å². The van der Waals surface area contributed by atoms with Crippen LogP contribution in [0.3, 0.4) is 0 Å². The average molecular weight is 452 g/mol. The van der Waals surface area contributed by atoms with Crippen molar-refractivity contribution in [1.29, 1.82) is 0 Å². The highest BCUT2D eigenvalue weighted by atomic mass is 32.2. The van der Waals surface area contributed by atoms with Crippen LogP contribution in [-0.2, 0) is 21.4 Å². The zero-order chi connectivity index (χ0) is 22.4. The molecule has 0 radical (unpaired) electrons. The van der Waals surface area contributed by atoms with E-state index in [1.807, 2.05) is 0 Å². The van der Waals surface area contributed by atoms with E-state index in [4.69, 9.17) is 13.7 Å². The van der Waals surface area contributed by atoms with Gasteiger partial charge in [0.2, 0.25) is 0 Å². The van der Waals surface area contributed by atoms with Crippen LogP contribution in [0.4, 0.5) is 4.39 Å². The lowest BCUT2D eigenvalue weighted by Gasteiger charge is -2.26. The zero-order valence-corrected chi connectivity index (χ0v) is 18.4. The molecule has 0 spiro atoms. The quantitative estimate of drug-likeness (QED) is 0.544. The van der Waals surface area contributed by atoms with Crippen LogP contribution < -0.4 is 8.92 Å². The molecule has 31 heavy (non-hydrogen) atoms. The minimum Gasteiger partial charge on any atom is -0.493 e. The van der Waals surface area contributed by atoms with Gasteiger partial charge in [-0.15, -0.1) is 0 Å². The van der Waals surface area contributed by atoms with E-state index in [1.54, 1.807) is 18.2 Å². The van der Waals surface area contributed by atoms with Crippen molar-refractivity contribution >= 4 is 16.0 Å². The standard InChI is InChI=1S/C22H26FNO6S/c1-3-31(26,27)30-21-13-16(10-11-20(21)28-2)14-24(15-17-7-6-12-29-17)22(25)18-8-4-5-9-19(18)23/h4-5,8-11,13,17H,3,6-7,12,14-15H2,1-2H3/t17-/m1/s1. The topological polar surface area (TPSA) is 82.1 Å². The Hall–Kier alpha value is -2.65. The Labute approximate surface area is 181 Å². The molecule has 1 atom stereocenters. The highest BCUT2D eigenvalue weighted by Crippen LogP contribution is 2.30. The Balaban J connectivity index is 1.89. The molecule has 0 unspecified atom stereocenters. The molecule has 0 aliphatic carbocycles. The van der Waals surface area contributed by atoms with E-state index >= 15 is 0 Å². The second-order valence-electron chi connectivity index (χ2n) is 7.22. The van der Waals surface area contributed by atoms with E-state index in [-0.39, 0.29) is 35.5 Å². The smallest absolute Gasteiger partial charge is 0.309 e. The van der Waals surface area contributed by atoms with Crippen molar-refractivity contribution in [1.82, 2.24) is 4.90 Å². The first-order chi connectivity index (χ1) is 14.8. The fourth-order valence-corrected chi connectivity index (χ4v) is 3.88. The zero-order valence-electron chi connectivity index (χ0n) is 17.5. The van der Waals surface area contributed by atoms with Gasteiger partial charge in [-0.2, -0.15) is 8.42 Å². The van der Waals surface area contributed by atoms with Crippen LogP contribution in [0.15, 0.2) is 42.5 Å². The molecule has 1 heterocycles. The van der Waals surface area contributed by atoms with Crippen LogP contribution in [0, 0.1) is 5.82 Å². The maximum atomic E-state index is 14.3. The Morgan fingerprint density at radius 2 is 2.00 bits per heavy atom. The number of rotatable bonds is 9. The van der Waals surface area contributed by atoms with E-state index < -0.39 is 21.8 Å². The minimum absolute atomic E-state index is 0.0287. The average Bonchev–Trinajstić information content (AvgIpc) is 3.26. The Morgan fingerprint density at radius 1 is 1.23 bits per heavy atom. The lowest BCUT2D eigenvalue weighted by atomic mass is 10.1. The summed E-state index contributed by atoms with van der Waals surface area (Å²) in [6.07, 6.45) is 1.58. The number of carbonyl (C=O) groups is 1. The monoisotopic (exact) mass is 451 g/mol. The molecule has 3 rings (SSSR count). The summed E-state index contributed by atoms with van der Waals surface area (Å²) in [5.41, 5.74) is 0.587. The van der Waals surface area contributed by atoms with Gasteiger partial charge >= 0.3 is 10.1 Å². The molecular weight excluding hydrogens is 425 g/mol. The number of ether oxygens (including phenoxy) is 2. The molecule has 1 aliphatic rings. The number of methoxy groups -OCH3 is 1. The Kier molecular flexibility index (Phi) is 7.50. The first-order valence-corrected chi connectivity index (χ1v) is 11.6. The van der Waals surface area contributed by atoms with Crippen LogP contribution >= 0.6 is 0 Å². The third kappa shape index (κ3) is 5.95. The van der Waals surface area contributed by atoms with Gasteiger partial charge in [-0.3, -0.25) is 4.79 Å². The Bertz CT molecular complexity index is 1020. The number of hydrogen-bond acceptors (Lipinski definition) is 6. The molecule has 1 saturated heterocycles. The number of nitrogens with zero attached hydrogens (tertiary/aromatic N) is 1. The molecule has 1 aliphatic heterocycles. The molecule has 168 valence electrons. The third-order valence-electron chi connectivity index (χ3n) is 5.01. The predicted octanol–water partition coefficient (Wildman–Crippen LogP) is 3.38. The normalized spacial score (nSPS) is 16.2. The molecule has 0 aromatic heterocycles. The molecule has 2 aromatic carbocycles. The second-order valence-corrected chi connectivity index (χ2v) is 9.07. The Morgan fingerprint density at radius 3 is 2.65 bits per heavy atom. The summed E-state index contributed by atoms with van der Waals surface area (Å²) >= 11 is 0. The number of hydrogen-bond donors (Lipinski definition) is 0. The van der Waals surface area contributed by atoms with Crippen molar-refractivity contribution in [2.75, 3.05) is 26.0 Å². The first kappa shape index (κ1) is 23.0. The van der Waals surface area contributed by atoms with Crippen molar-refractivity contribution in [2.45, 2.75) is 32.4 Å². The van der Waals surface area contributed by atoms with E-state index in [9.17, 15) is 17.6 Å². The van der Waals surface area contributed by atoms with Gasteiger partial charge in [0.1, 0.15) is 5.82 Å². The van der Waals surface area contributed by atoms with Crippen molar-refractivity contribution < 1.29 is 31.3 Å². The number of amides is 1. The predicted molar refractivity (Wildman–Crippen MR) is 113 cm³/mol. The van der Waals surface area contributed by atoms with Crippen LogP contribution in [0.1, 0.15) is 35.7 Å². The fraction of sp³-hybridized carbons (Fsp3) is 0.409. The first-order valence-electron chi connectivity index (χ1n) is 10.1. The maximum absolute atomic E-state index is 14.3. The second kappa shape index (κ2) is 10.1. The third-order valence-corrected chi connectivity index (χ3v) is 6.15. The molecule has 0 N–H and O–H groups in total. The molecule has 2 aromatic rings. The van der Waals surface area contributed by atoms with Crippen LogP contribution in [-0.4, -0.2) is 51.3 Å². The summed E-state index contributed by atoms with van der Waals surface area (Å²) in [6.45, 7) is 2.52. The van der Waals surface area contributed by atoms with E-state index in [0.717, 1.165) is 12.8 Å². The highest BCUT2D eigenvalue weighted by Gasteiger charge is 2.26. The van der Waals surface area contributed by atoms with Crippen LogP contribution in [0.2, 0.25) is 0 Å². The number of carbonyl (C=O) groups excluding carboxylic acids is 1. The van der Waals surface area contributed by atoms with Gasteiger partial charge in [0.25, 0.3) is 5.91 Å². The molecule has 7 nitrogen and oxygen atoms in total. The molecular formula is C22H26FNO6S. The highest BCUT2D eigenvalue weighted by molar-refractivity contribution is 7.87. The van der Waals surface area contributed by atoms with Crippen LogP contribution in [0.25, 0.3) is 0 Å². The summed E-state index contributed by atoms with van der Waals surface area (Å²) in [5.74, 6) is -0.966. The van der Waals surface area contributed by atoms with Gasteiger partial charge in [0, 0.05) is 19.7 Å². The summed E-state index contributed by atoms with van der Waals surface area (Å²) in [5, 5.41) is 0. The fourth-order valence-electron chi connectivity index (χ4n) is 3.36.